The van der Waals surface area contributed by atoms with E-state index in [-0.39, 0.29) is 23.3 Å². The molecule has 1 aliphatic carbocycles. The summed E-state index contributed by atoms with van der Waals surface area (Å²) in [5, 5.41) is 14.6. The van der Waals surface area contributed by atoms with Crippen LogP contribution in [0.5, 0.6) is 0 Å². The van der Waals surface area contributed by atoms with Crippen molar-refractivity contribution in [2.24, 2.45) is 0 Å². The fraction of sp³-hybridized carbons (Fsp3) is 0.278. The van der Waals surface area contributed by atoms with Crippen molar-refractivity contribution in [2.75, 3.05) is 0 Å². The predicted molar refractivity (Wildman–Crippen MR) is 91.5 cm³/mol. The molecule has 0 bridgehead atoms. The van der Waals surface area contributed by atoms with Gasteiger partial charge in [-0.1, -0.05) is 12.8 Å². The lowest BCUT2D eigenvalue weighted by Crippen LogP contribution is -2.33. The quantitative estimate of drug-likeness (QED) is 0.677. The molecule has 0 spiro atoms. The Bertz CT molecular complexity index is 798. The lowest BCUT2D eigenvalue weighted by atomic mass is 10.2. The van der Waals surface area contributed by atoms with Gasteiger partial charge in [0.05, 0.1) is 5.69 Å². The molecule has 1 heterocycles. The number of hydrogen-bond donors (Lipinski definition) is 1. The van der Waals surface area contributed by atoms with Crippen molar-refractivity contribution in [2.45, 2.75) is 31.7 Å². The van der Waals surface area contributed by atoms with Crippen molar-refractivity contribution in [3.8, 4) is 16.6 Å². The first-order chi connectivity index (χ1) is 11.7. The minimum Gasteiger partial charge on any atom is -0.349 e. The molecule has 0 unspecified atom stereocenters. The van der Waals surface area contributed by atoms with E-state index in [0.717, 1.165) is 36.3 Å². The standard InChI is InChI=1S/C18H16FN3OS/c19-14-7-5-12(6-8-14)18-22-16(11-24-18)9-13(10-20)17(23)21-15-3-1-2-4-15/h5-9,11,15H,1-4H2,(H,21,23)/b13-9+. The summed E-state index contributed by atoms with van der Waals surface area (Å²) in [5.74, 6) is -0.647. The number of nitrogens with one attached hydrogen (secondary N) is 1. The van der Waals surface area contributed by atoms with Crippen LogP contribution in [-0.4, -0.2) is 16.9 Å². The van der Waals surface area contributed by atoms with Crippen LogP contribution in [0.3, 0.4) is 0 Å². The van der Waals surface area contributed by atoms with Crippen LogP contribution in [0.4, 0.5) is 4.39 Å². The van der Waals surface area contributed by atoms with Gasteiger partial charge in [-0.15, -0.1) is 11.3 Å². The smallest absolute Gasteiger partial charge is 0.262 e. The van der Waals surface area contributed by atoms with Crippen LogP contribution < -0.4 is 5.32 Å². The van der Waals surface area contributed by atoms with Crippen molar-refractivity contribution in [3.63, 3.8) is 0 Å². The van der Waals surface area contributed by atoms with E-state index in [9.17, 15) is 14.4 Å². The Morgan fingerprint density at radius 2 is 2.04 bits per heavy atom. The third kappa shape index (κ3) is 3.87. The van der Waals surface area contributed by atoms with Gasteiger partial charge >= 0.3 is 0 Å². The summed E-state index contributed by atoms with van der Waals surface area (Å²) in [6, 6.07) is 8.17. The second-order valence-electron chi connectivity index (χ2n) is 5.71. The van der Waals surface area contributed by atoms with Crippen LogP contribution in [0.15, 0.2) is 35.2 Å². The third-order valence-corrected chi connectivity index (χ3v) is 4.87. The number of thiazole rings is 1. The Labute approximate surface area is 143 Å². The maximum absolute atomic E-state index is 13.0. The summed E-state index contributed by atoms with van der Waals surface area (Å²) in [6.07, 6.45) is 5.66. The minimum absolute atomic E-state index is 0.0536. The summed E-state index contributed by atoms with van der Waals surface area (Å²) in [6.45, 7) is 0. The summed E-state index contributed by atoms with van der Waals surface area (Å²) >= 11 is 1.39. The summed E-state index contributed by atoms with van der Waals surface area (Å²) < 4.78 is 13.0. The molecule has 0 atom stereocenters. The van der Waals surface area contributed by atoms with Gasteiger partial charge in [0, 0.05) is 17.0 Å². The molecule has 1 amide bonds. The van der Waals surface area contributed by atoms with Gasteiger partial charge in [-0.2, -0.15) is 5.26 Å². The Hall–Kier alpha value is -2.52. The first kappa shape index (κ1) is 16.3. The molecule has 0 aliphatic heterocycles. The maximum Gasteiger partial charge on any atom is 0.262 e. The summed E-state index contributed by atoms with van der Waals surface area (Å²) in [7, 11) is 0. The topological polar surface area (TPSA) is 65.8 Å². The molecule has 4 nitrogen and oxygen atoms in total. The number of aromatic nitrogens is 1. The van der Waals surface area contributed by atoms with Gasteiger partial charge in [-0.05, 0) is 43.2 Å². The Morgan fingerprint density at radius 1 is 1.33 bits per heavy atom. The fourth-order valence-corrected chi connectivity index (χ4v) is 3.49. The van der Waals surface area contributed by atoms with Crippen LogP contribution >= 0.6 is 11.3 Å². The molecule has 6 heteroatoms. The molecule has 24 heavy (non-hydrogen) atoms. The predicted octanol–water partition coefficient (Wildman–Crippen LogP) is 3.91. The first-order valence-corrected chi connectivity index (χ1v) is 8.68. The lowest BCUT2D eigenvalue weighted by molar-refractivity contribution is -0.117. The molecular weight excluding hydrogens is 325 g/mol. The van der Waals surface area contributed by atoms with Gasteiger partial charge in [0.25, 0.3) is 5.91 Å². The zero-order chi connectivity index (χ0) is 16.9. The highest BCUT2D eigenvalue weighted by atomic mass is 32.1. The molecule has 1 aromatic carbocycles. The molecular formula is C18H16FN3OS. The molecule has 1 saturated carbocycles. The highest BCUT2D eigenvalue weighted by Gasteiger charge is 2.19. The molecule has 122 valence electrons. The van der Waals surface area contributed by atoms with E-state index < -0.39 is 0 Å². The van der Waals surface area contributed by atoms with Gasteiger partial charge in [0.2, 0.25) is 0 Å². The van der Waals surface area contributed by atoms with E-state index in [2.05, 4.69) is 10.3 Å². The highest BCUT2D eigenvalue weighted by molar-refractivity contribution is 7.13. The summed E-state index contributed by atoms with van der Waals surface area (Å²) in [5.41, 5.74) is 1.41. The molecule has 3 rings (SSSR count). The summed E-state index contributed by atoms with van der Waals surface area (Å²) in [4.78, 5) is 16.6. The zero-order valence-corrected chi connectivity index (χ0v) is 13.8. The van der Waals surface area contributed by atoms with Crippen molar-refractivity contribution in [1.82, 2.24) is 10.3 Å². The van der Waals surface area contributed by atoms with Gasteiger partial charge in [-0.3, -0.25) is 4.79 Å². The molecule has 0 saturated heterocycles. The van der Waals surface area contributed by atoms with Gasteiger partial charge in [0.1, 0.15) is 22.5 Å². The third-order valence-electron chi connectivity index (χ3n) is 3.96. The molecule has 0 radical (unpaired) electrons. The van der Waals surface area contributed by atoms with Crippen LogP contribution in [0, 0.1) is 17.1 Å². The number of nitrogens with zero attached hydrogens (tertiary/aromatic N) is 2. The number of carbonyl (C=O) groups is 1. The van der Waals surface area contributed by atoms with Crippen molar-refractivity contribution < 1.29 is 9.18 Å². The van der Waals surface area contributed by atoms with Crippen molar-refractivity contribution >= 4 is 23.3 Å². The van der Waals surface area contributed by atoms with Gasteiger partial charge in [0.15, 0.2) is 0 Å². The normalized spacial score (nSPS) is 15.2. The van der Waals surface area contributed by atoms with Crippen LogP contribution in [0.2, 0.25) is 0 Å². The number of hydrogen-bond acceptors (Lipinski definition) is 4. The van der Waals surface area contributed by atoms with E-state index >= 15 is 0 Å². The van der Waals surface area contributed by atoms with Crippen LogP contribution in [0.1, 0.15) is 31.4 Å². The molecule has 1 fully saturated rings. The van der Waals surface area contributed by atoms with Crippen LogP contribution in [-0.2, 0) is 4.79 Å². The van der Waals surface area contributed by atoms with Gasteiger partial charge in [-0.25, -0.2) is 9.37 Å². The number of benzene rings is 1. The lowest BCUT2D eigenvalue weighted by Gasteiger charge is -2.10. The Morgan fingerprint density at radius 3 is 2.71 bits per heavy atom. The van der Waals surface area contributed by atoms with E-state index in [1.807, 2.05) is 6.07 Å². The molecule has 2 aromatic rings. The number of amides is 1. The number of rotatable bonds is 4. The van der Waals surface area contributed by atoms with E-state index in [1.165, 1.54) is 29.5 Å². The van der Waals surface area contributed by atoms with Crippen LogP contribution in [0.25, 0.3) is 16.6 Å². The van der Waals surface area contributed by atoms with Crippen molar-refractivity contribution in [1.29, 1.82) is 5.26 Å². The molecule has 1 aliphatic rings. The molecule has 1 N–H and O–H groups in total. The van der Waals surface area contributed by atoms with Crippen molar-refractivity contribution in [3.05, 3.63) is 46.7 Å². The average Bonchev–Trinajstić information content (AvgIpc) is 3.25. The average molecular weight is 341 g/mol. The van der Waals surface area contributed by atoms with Gasteiger partial charge < -0.3 is 5.32 Å². The largest absolute Gasteiger partial charge is 0.349 e. The molecule has 1 aromatic heterocycles. The maximum atomic E-state index is 13.0. The zero-order valence-electron chi connectivity index (χ0n) is 13.0. The second-order valence-corrected chi connectivity index (χ2v) is 6.57. The van der Waals surface area contributed by atoms with E-state index in [1.54, 1.807) is 17.5 Å². The number of halogens is 1. The SMILES string of the molecule is N#C/C(=C\c1csc(-c2ccc(F)cc2)n1)C(=O)NC1CCCC1. The monoisotopic (exact) mass is 341 g/mol. The Balaban J connectivity index is 1.75. The van der Waals surface area contributed by atoms with E-state index in [4.69, 9.17) is 0 Å². The minimum atomic E-state index is -0.347. The fourth-order valence-electron chi connectivity index (χ4n) is 2.71. The number of carbonyl (C=O) groups excluding carboxylic acids is 1. The van der Waals surface area contributed by atoms with E-state index in [0.29, 0.717) is 5.69 Å². The second kappa shape index (κ2) is 7.37. The Kier molecular flexibility index (Phi) is 5.02. The first-order valence-electron chi connectivity index (χ1n) is 7.80. The number of nitriles is 1. The highest BCUT2D eigenvalue weighted by Crippen LogP contribution is 2.25.